The third-order valence-electron chi connectivity index (χ3n) is 2.78. The number of hydrogen-bond donors (Lipinski definition) is 2. The number of carbonyl (C=O) groups excluding carboxylic acids is 1. The molecule has 112 valence electrons. The monoisotopic (exact) mass is 279 g/mol. The van der Waals surface area contributed by atoms with Gasteiger partial charge < -0.3 is 15.8 Å². The summed E-state index contributed by atoms with van der Waals surface area (Å²) in [6, 6.07) is 3.66. The molecule has 5 heteroatoms. The van der Waals surface area contributed by atoms with E-state index in [2.05, 4.69) is 17.2 Å². The van der Waals surface area contributed by atoms with Crippen LogP contribution in [0.15, 0.2) is 18.3 Å². The quantitative estimate of drug-likeness (QED) is 0.763. The van der Waals surface area contributed by atoms with E-state index in [-0.39, 0.29) is 18.1 Å². The first-order chi connectivity index (χ1) is 9.52. The first-order valence-corrected chi connectivity index (χ1v) is 7.15. The Morgan fingerprint density at radius 2 is 2.25 bits per heavy atom. The van der Waals surface area contributed by atoms with Crippen molar-refractivity contribution in [2.75, 3.05) is 0 Å². The number of hydrogen-bond acceptors (Lipinski definition) is 4. The summed E-state index contributed by atoms with van der Waals surface area (Å²) in [5.74, 6) is 0.533. The predicted molar refractivity (Wildman–Crippen MR) is 79.3 cm³/mol. The van der Waals surface area contributed by atoms with Gasteiger partial charge in [-0.2, -0.15) is 0 Å². The zero-order valence-electron chi connectivity index (χ0n) is 12.6. The lowest BCUT2D eigenvalue weighted by molar-refractivity contribution is -0.121. The number of amides is 1. The second-order valence-electron chi connectivity index (χ2n) is 5.16. The zero-order chi connectivity index (χ0) is 15.0. The number of ether oxygens (including phenoxy) is 1. The van der Waals surface area contributed by atoms with Crippen molar-refractivity contribution in [3.63, 3.8) is 0 Å². The Morgan fingerprint density at radius 1 is 1.50 bits per heavy atom. The Balaban J connectivity index is 2.50. The molecule has 3 N–H and O–H groups in total. The van der Waals surface area contributed by atoms with Crippen LogP contribution in [-0.4, -0.2) is 23.0 Å². The molecule has 0 aliphatic carbocycles. The summed E-state index contributed by atoms with van der Waals surface area (Å²) in [6.45, 7) is 6.36. The van der Waals surface area contributed by atoms with Crippen molar-refractivity contribution < 1.29 is 9.53 Å². The molecule has 1 aromatic rings. The number of carbonyl (C=O) groups is 1. The maximum Gasteiger partial charge on any atom is 0.221 e. The first kappa shape index (κ1) is 16.4. The van der Waals surface area contributed by atoms with Crippen LogP contribution in [0.25, 0.3) is 0 Å². The van der Waals surface area contributed by atoms with E-state index in [9.17, 15) is 4.79 Å². The molecule has 20 heavy (non-hydrogen) atoms. The molecule has 0 radical (unpaired) electrons. The molecule has 5 nitrogen and oxygen atoms in total. The fourth-order valence-corrected chi connectivity index (χ4v) is 1.86. The van der Waals surface area contributed by atoms with Crippen molar-refractivity contribution in [1.29, 1.82) is 0 Å². The van der Waals surface area contributed by atoms with E-state index in [1.165, 1.54) is 0 Å². The Bertz CT molecular complexity index is 421. The summed E-state index contributed by atoms with van der Waals surface area (Å²) in [5.41, 5.74) is 6.73. The Hall–Kier alpha value is -1.62. The van der Waals surface area contributed by atoms with Crippen LogP contribution in [0.4, 0.5) is 0 Å². The van der Waals surface area contributed by atoms with Gasteiger partial charge in [0.1, 0.15) is 0 Å². The fraction of sp³-hybridized carbons (Fsp3) is 0.600. The van der Waals surface area contributed by atoms with Gasteiger partial charge in [-0.25, -0.2) is 4.98 Å². The number of nitrogens with zero attached hydrogens (tertiary/aromatic N) is 1. The number of aromatic nitrogens is 1. The van der Waals surface area contributed by atoms with Gasteiger partial charge in [0.25, 0.3) is 0 Å². The van der Waals surface area contributed by atoms with Gasteiger partial charge >= 0.3 is 0 Å². The van der Waals surface area contributed by atoms with Crippen molar-refractivity contribution in [2.24, 2.45) is 5.73 Å². The summed E-state index contributed by atoms with van der Waals surface area (Å²) < 4.78 is 5.61. The van der Waals surface area contributed by atoms with Crippen molar-refractivity contribution in [1.82, 2.24) is 10.3 Å². The Labute approximate surface area is 120 Å². The predicted octanol–water partition coefficient (Wildman–Crippen LogP) is 2.00. The average molecular weight is 279 g/mol. The molecule has 0 aromatic carbocycles. The highest BCUT2D eigenvalue weighted by Gasteiger charge is 2.11. The minimum atomic E-state index is -0.0692. The fourth-order valence-electron chi connectivity index (χ4n) is 1.86. The summed E-state index contributed by atoms with van der Waals surface area (Å²) in [4.78, 5) is 16.0. The largest absolute Gasteiger partial charge is 0.475 e. The van der Waals surface area contributed by atoms with Crippen LogP contribution in [0.1, 0.15) is 45.6 Å². The van der Waals surface area contributed by atoms with Crippen LogP contribution >= 0.6 is 0 Å². The van der Waals surface area contributed by atoms with E-state index in [1.807, 2.05) is 26.0 Å². The van der Waals surface area contributed by atoms with E-state index in [4.69, 9.17) is 10.5 Å². The zero-order valence-corrected chi connectivity index (χ0v) is 12.6. The summed E-state index contributed by atoms with van der Waals surface area (Å²) in [6.07, 6.45) is 3.94. The molecule has 0 aliphatic heterocycles. The van der Waals surface area contributed by atoms with Gasteiger partial charge in [-0.15, -0.1) is 0 Å². The van der Waals surface area contributed by atoms with Crippen molar-refractivity contribution >= 4 is 5.91 Å². The van der Waals surface area contributed by atoms with Crippen LogP contribution in [0.2, 0.25) is 0 Å². The van der Waals surface area contributed by atoms with E-state index < -0.39 is 0 Å². The Kier molecular flexibility index (Phi) is 7.01. The molecular weight excluding hydrogens is 254 g/mol. The van der Waals surface area contributed by atoms with Gasteiger partial charge in [0.15, 0.2) is 0 Å². The molecule has 1 atom stereocenters. The lowest BCUT2D eigenvalue weighted by Gasteiger charge is -2.14. The van der Waals surface area contributed by atoms with Crippen LogP contribution in [0.3, 0.4) is 0 Å². The summed E-state index contributed by atoms with van der Waals surface area (Å²) in [5, 5.41) is 2.86. The molecule has 0 saturated heterocycles. The molecule has 0 aliphatic rings. The van der Waals surface area contributed by atoms with Gasteiger partial charge in [0.2, 0.25) is 11.8 Å². The van der Waals surface area contributed by atoms with E-state index in [0.29, 0.717) is 18.8 Å². The van der Waals surface area contributed by atoms with Gasteiger partial charge in [-0.05, 0) is 26.3 Å². The van der Waals surface area contributed by atoms with Gasteiger partial charge in [0, 0.05) is 30.8 Å². The highest BCUT2D eigenvalue weighted by Crippen LogP contribution is 2.15. The lowest BCUT2D eigenvalue weighted by atomic mass is 10.1. The topological polar surface area (TPSA) is 77.2 Å². The molecule has 1 unspecified atom stereocenters. The highest BCUT2D eigenvalue weighted by molar-refractivity contribution is 5.76. The molecule has 1 rings (SSSR count). The lowest BCUT2D eigenvalue weighted by Crippen LogP contribution is -2.31. The van der Waals surface area contributed by atoms with E-state index in [0.717, 1.165) is 18.4 Å². The third kappa shape index (κ3) is 6.02. The van der Waals surface area contributed by atoms with E-state index in [1.54, 1.807) is 6.20 Å². The maximum absolute atomic E-state index is 11.8. The van der Waals surface area contributed by atoms with Crippen LogP contribution in [-0.2, 0) is 11.3 Å². The maximum atomic E-state index is 11.8. The minimum Gasteiger partial charge on any atom is -0.475 e. The first-order valence-electron chi connectivity index (χ1n) is 7.15. The van der Waals surface area contributed by atoms with Crippen molar-refractivity contribution in [3.8, 4) is 5.88 Å². The SMILES string of the molecule is CCCC(N)CC(=O)NCc1cccnc1OC(C)C. The normalized spacial score (nSPS) is 12.2. The second-order valence-corrected chi connectivity index (χ2v) is 5.16. The number of nitrogens with one attached hydrogen (secondary N) is 1. The number of pyridine rings is 1. The Morgan fingerprint density at radius 3 is 2.90 bits per heavy atom. The van der Waals surface area contributed by atoms with Crippen molar-refractivity contribution in [2.45, 2.75) is 58.7 Å². The molecule has 0 bridgehead atoms. The molecule has 1 aromatic heterocycles. The standard InChI is InChI=1S/C15H25N3O2/c1-4-6-13(16)9-14(19)18-10-12-7-5-8-17-15(12)20-11(2)3/h5,7-8,11,13H,4,6,9-10,16H2,1-3H3,(H,18,19). The summed E-state index contributed by atoms with van der Waals surface area (Å²) >= 11 is 0. The molecule has 0 saturated carbocycles. The van der Waals surface area contributed by atoms with Crippen LogP contribution in [0, 0.1) is 0 Å². The average Bonchev–Trinajstić information content (AvgIpc) is 2.37. The van der Waals surface area contributed by atoms with E-state index >= 15 is 0 Å². The highest BCUT2D eigenvalue weighted by atomic mass is 16.5. The van der Waals surface area contributed by atoms with Crippen LogP contribution < -0.4 is 15.8 Å². The van der Waals surface area contributed by atoms with Crippen LogP contribution in [0.5, 0.6) is 5.88 Å². The molecule has 1 amide bonds. The van der Waals surface area contributed by atoms with Gasteiger partial charge in [-0.1, -0.05) is 19.4 Å². The van der Waals surface area contributed by atoms with Gasteiger partial charge in [0.05, 0.1) is 6.10 Å². The smallest absolute Gasteiger partial charge is 0.221 e. The van der Waals surface area contributed by atoms with Crippen molar-refractivity contribution in [3.05, 3.63) is 23.9 Å². The third-order valence-corrected chi connectivity index (χ3v) is 2.78. The number of rotatable bonds is 8. The number of nitrogens with two attached hydrogens (primary N) is 1. The summed E-state index contributed by atoms with van der Waals surface area (Å²) in [7, 11) is 0. The van der Waals surface area contributed by atoms with Gasteiger partial charge in [-0.3, -0.25) is 4.79 Å². The molecular formula is C15H25N3O2. The molecule has 0 fully saturated rings. The minimum absolute atomic E-state index is 0.0368. The molecule has 0 spiro atoms. The molecule has 1 heterocycles. The second kappa shape index (κ2) is 8.53.